The Bertz CT molecular complexity index is 621. The SMILES string of the molecule is OC1(Cn2cncn2)CCCC/C1=C/c1ccc(Cl)cc1. The van der Waals surface area contributed by atoms with Crippen molar-refractivity contribution in [2.24, 2.45) is 0 Å². The van der Waals surface area contributed by atoms with Crippen LogP contribution in [0.15, 0.2) is 42.5 Å². The molecule has 1 saturated carbocycles. The maximum absolute atomic E-state index is 11.0. The van der Waals surface area contributed by atoms with Crippen molar-refractivity contribution in [1.82, 2.24) is 14.8 Å². The molecule has 1 aliphatic rings. The first-order valence-corrected chi connectivity index (χ1v) is 7.55. The molecule has 0 saturated heterocycles. The highest BCUT2D eigenvalue weighted by atomic mass is 35.5. The lowest BCUT2D eigenvalue weighted by Crippen LogP contribution is -2.38. The van der Waals surface area contributed by atoms with Crippen LogP contribution in [0.5, 0.6) is 0 Å². The predicted molar refractivity (Wildman–Crippen MR) is 82.9 cm³/mol. The van der Waals surface area contributed by atoms with Crippen molar-refractivity contribution in [2.75, 3.05) is 0 Å². The Morgan fingerprint density at radius 1 is 1.29 bits per heavy atom. The van der Waals surface area contributed by atoms with E-state index in [1.54, 1.807) is 11.0 Å². The summed E-state index contributed by atoms with van der Waals surface area (Å²) in [5.74, 6) is 0. The fourth-order valence-corrected chi connectivity index (χ4v) is 2.98. The Morgan fingerprint density at radius 2 is 2.10 bits per heavy atom. The summed E-state index contributed by atoms with van der Waals surface area (Å²) in [5.41, 5.74) is 1.28. The van der Waals surface area contributed by atoms with Gasteiger partial charge < -0.3 is 5.11 Å². The number of hydrogen-bond donors (Lipinski definition) is 1. The van der Waals surface area contributed by atoms with Crippen LogP contribution in [0.3, 0.4) is 0 Å². The van der Waals surface area contributed by atoms with Crippen LogP contribution in [0.1, 0.15) is 31.2 Å². The molecule has 110 valence electrons. The molecule has 1 N–H and O–H groups in total. The summed E-state index contributed by atoms with van der Waals surface area (Å²) in [5, 5.41) is 15.9. The molecule has 1 aromatic carbocycles. The quantitative estimate of drug-likeness (QED) is 0.946. The first-order valence-electron chi connectivity index (χ1n) is 7.17. The van der Waals surface area contributed by atoms with Crippen molar-refractivity contribution in [1.29, 1.82) is 0 Å². The molecule has 1 fully saturated rings. The molecule has 5 heteroatoms. The minimum Gasteiger partial charge on any atom is -0.384 e. The molecule has 0 amide bonds. The first kappa shape index (κ1) is 14.3. The van der Waals surface area contributed by atoms with Gasteiger partial charge in [-0.1, -0.05) is 29.8 Å². The van der Waals surface area contributed by atoms with Gasteiger partial charge in [-0.25, -0.2) is 9.67 Å². The molecule has 0 radical (unpaired) electrons. The molecular formula is C16H18ClN3O. The van der Waals surface area contributed by atoms with Crippen LogP contribution in [0.4, 0.5) is 0 Å². The van der Waals surface area contributed by atoms with E-state index in [9.17, 15) is 5.11 Å². The van der Waals surface area contributed by atoms with Crippen molar-refractivity contribution in [3.8, 4) is 0 Å². The van der Waals surface area contributed by atoms with Crippen LogP contribution in [-0.2, 0) is 6.54 Å². The van der Waals surface area contributed by atoms with E-state index in [0.717, 1.165) is 41.8 Å². The van der Waals surface area contributed by atoms with Gasteiger partial charge in [-0.15, -0.1) is 0 Å². The third-order valence-electron chi connectivity index (χ3n) is 3.99. The van der Waals surface area contributed by atoms with Crippen molar-refractivity contribution < 1.29 is 5.11 Å². The Morgan fingerprint density at radius 3 is 2.81 bits per heavy atom. The maximum atomic E-state index is 11.0. The third kappa shape index (κ3) is 3.34. The van der Waals surface area contributed by atoms with E-state index in [0.29, 0.717) is 6.54 Å². The molecule has 0 spiro atoms. The number of nitrogens with zero attached hydrogens (tertiary/aromatic N) is 3. The second-order valence-corrected chi connectivity index (χ2v) is 5.99. The molecule has 1 aromatic heterocycles. The Balaban J connectivity index is 1.88. The standard InChI is InChI=1S/C16H18ClN3O/c17-15-6-4-13(5-7-15)9-14-3-1-2-8-16(14,21)10-20-12-18-11-19-20/h4-7,9,11-12,21H,1-3,8,10H2/b14-9-. The molecule has 1 heterocycles. The van der Waals surface area contributed by atoms with Gasteiger partial charge in [-0.05, 0) is 49.0 Å². The molecule has 2 aromatic rings. The lowest BCUT2D eigenvalue weighted by molar-refractivity contribution is 0.0323. The average Bonchev–Trinajstić information content (AvgIpc) is 2.96. The van der Waals surface area contributed by atoms with Crippen LogP contribution in [0, 0.1) is 0 Å². The minimum atomic E-state index is -0.842. The fraction of sp³-hybridized carbons (Fsp3) is 0.375. The molecule has 4 nitrogen and oxygen atoms in total. The lowest BCUT2D eigenvalue weighted by atomic mass is 9.79. The molecule has 0 aliphatic heterocycles. The van der Waals surface area contributed by atoms with Crippen LogP contribution >= 0.6 is 11.6 Å². The van der Waals surface area contributed by atoms with Crippen LogP contribution in [0.2, 0.25) is 5.02 Å². The molecule has 3 rings (SSSR count). The van der Waals surface area contributed by atoms with Gasteiger partial charge in [0, 0.05) is 5.02 Å². The van der Waals surface area contributed by atoms with Crippen molar-refractivity contribution >= 4 is 17.7 Å². The van der Waals surface area contributed by atoms with Gasteiger partial charge in [0.25, 0.3) is 0 Å². The van der Waals surface area contributed by atoms with Gasteiger partial charge in [-0.3, -0.25) is 0 Å². The Kier molecular flexibility index (Phi) is 4.08. The van der Waals surface area contributed by atoms with Gasteiger partial charge in [0.15, 0.2) is 0 Å². The van der Waals surface area contributed by atoms with Crippen LogP contribution in [0.25, 0.3) is 6.08 Å². The lowest BCUT2D eigenvalue weighted by Gasteiger charge is -2.35. The predicted octanol–water partition coefficient (Wildman–Crippen LogP) is 3.32. The number of aromatic nitrogens is 3. The van der Waals surface area contributed by atoms with E-state index in [1.807, 2.05) is 24.3 Å². The molecule has 0 bridgehead atoms. The van der Waals surface area contributed by atoms with Crippen molar-refractivity contribution in [3.05, 3.63) is 53.1 Å². The maximum Gasteiger partial charge on any atom is 0.137 e. The van der Waals surface area contributed by atoms with E-state index in [-0.39, 0.29) is 0 Å². The molecule has 1 aliphatic carbocycles. The highest BCUT2D eigenvalue weighted by Crippen LogP contribution is 2.35. The smallest absolute Gasteiger partial charge is 0.137 e. The summed E-state index contributed by atoms with van der Waals surface area (Å²) < 4.78 is 1.70. The van der Waals surface area contributed by atoms with E-state index in [1.165, 1.54) is 6.33 Å². The average molecular weight is 304 g/mol. The normalized spacial score (nSPS) is 24.4. The number of halogens is 1. The zero-order valence-electron chi connectivity index (χ0n) is 11.7. The summed E-state index contributed by atoms with van der Waals surface area (Å²) in [7, 11) is 0. The number of hydrogen-bond acceptors (Lipinski definition) is 3. The molecule has 1 atom stereocenters. The summed E-state index contributed by atoms with van der Waals surface area (Å²) >= 11 is 5.92. The number of benzene rings is 1. The summed E-state index contributed by atoms with van der Waals surface area (Å²) in [6.45, 7) is 0.451. The topological polar surface area (TPSA) is 50.9 Å². The van der Waals surface area contributed by atoms with E-state index >= 15 is 0 Å². The van der Waals surface area contributed by atoms with Crippen molar-refractivity contribution in [3.63, 3.8) is 0 Å². The molecule has 21 heavy (non-hydrogen) atoms. The highest BCUT2D eigenvalue weighted by molar-refractivity contribution is 6.30. The minimum absolute atomic E-state index is 0.451. The van der Waals surface area contributed by atoms with Crippen LogP contribution in [-0.4, -0.2) is 25.5 Å². The summed E-state index contributed by atoms with van der Waals surface area (Å²) in [4.78, 5) is 3.94. The van der Waals surface area contributed by atoms with Gasteiger partial charge in [-0.2, -0.15) is 5.10 Å². The zero-order valence-corrected chi connectivity index (χ0v) is 12.5. The Hall–Kier alpha value is -1.65. The van der Waals surface area contributed by atoms with Gasteiger partial charge in [0.05, 0.1) is 6.54 Å². The zero-order chi connectivity index (χ0) is 14.7. The first-order chi connectivity index (χ1) is 10.2. The van der Waals surface area contributed by atoms with E-state index in [4.69, 9.17) is 11.6 Å². The second kappa shape index (κ2) is 6.00. The Labute approximate surface area is 129 Å². The van der Waals surface area contributed by atoms with E-state index in [2.05, 4.69) is 16.2 Å². The summed E-state index contributed by atoms with van der Waals surface area (Å²) in [6.07, 6.45) is 9.02. The molecular weight excluding hydrogens is 286 g/mol. The van der Waals surface area contributed by atoms with Gasteiger partial charge in [0.1, 0.15) is 18.3 Å². The number of rotatable bonds is 3. The summed E-state index contributed by atoms with van der Waals surface area (Å²) in [6, 6.07) is 7.68. The van der Waals surface area contributed by atoms with Crippen molar-refractivity contribution in [2.45, 2.75) is 37.8 Å². The highest BCUT2D eigenvalue weighted by Gasteiger charge is 2.34. The molecule has 1 unspecified atom stereocenters. The van der Waals surface area contributed by atoms with Gasteiger partial charge in [0.2, 0.25) is 0 Å². The second-order valence-electron chi connectivity index (χ2n) is 5.55. The largest absolute Gasteiger partial charge is 0.384 e. The van der Waals surface area contributed by atoms with E-state index < -0.39 is 5.60 Å². The fourth-order valence-electron chi connectivity index (χ4n) is 2.86. The van der Waals surface area contributed by atoms with Crippen LogP contribution < -0.4 is 0 Å². The third-order valence-corrected chi connectivity index (χ3v) is 4.24. The number of aliphatic hydroxyl groups is 1. The monoisotopic (exact) mass is 303 g/mol. The van der Waals surface area contributed by atoms with Gasteiger partial charge >= 0.3 is 0 Å².